The minimum absolute atomic E-state index is 0.129. The van der Waals surface area contributed by atoms with Crippen LogP contribution in [0.2, 0.25) is 5.02 Å². The zero-order valence-corrected chi connectivity index (χ0v) is 19.2. The average Bonchev–Trinajstić information content (AvgIpc) is 2.83. The summed E-state index contributed by atoms with van der Waals surface area (Å²) in [5.74, 6) is 1.14. The zero-order chi connectivity index (χ0) is 23.4. The highest BCUT2D eigenvalue weighted by Gasteiger charge is 2.31. The Balaban J connectivity index is 1.66. The lowest BCUT2D eigenvalue weighted by molar-refractivity contribution is -0.117. The predicted molar refractivity (Wildman–Crippen MR) is 128 cm³/mol. The quantitative estimate of drug-likeness (QED) is 0.570. The molecule has 3 aromatic rings. The molecule has 0 fully saturated rings. The Bertz CT molecular complexity index is 1210. The van der Waals surface area contributed by atoms with Gasteiger partial charge in [0.05, 0.1) is 38.1 Å². The second kappa shape index (κ2) is 9.95. The first-order valence-corrected chi connectivity index (χ1v) is 10.9. The van der Waals surface area contributed by atoms with Gasteiger partial charge in [-0.1, -0.05) is 41.9 Å². The van der Waals surface area contributed by atoms with E-state index in [1.165, 1.54) is 5.56 Å². The molecule has 1 atom stereocenters. The number of hydrogen-bond donors (Lipinski definition) is 1. The van der Waals surface area contributed by atoms with E-state index in [2.05, 4.69) is 28.4 Å². The van der Waals surface area contributed by atoms with Crippen LogP contribution in [0, 0.1) is 11.3 Å². The van der Waals surface area contributed by atoms with Crippen LogP contribution in [0.5, 0.6) is 11.5 Å². The first-order valence-electron chi connectivity index (χ1n) is 10.6. The van der Waals surface area contributed by atoms with Crippen LogP contribution in [0.15, 0.2) is 60.7 Å². The SMILES string of the molecule is COc1cc2c(cc1OC)[C@H](c1ccccc1)N(CC(=O)Nc1cc(Cl)ccc1C#N)CC2. The molecule has 1 N–H and O–H groups in total. The largest absolute Gasteiger partial charge is 0.493 e. The molecule has 0 bridgehead atoms. The number of anilines is 1. The van der Waals surface area contributed by atoms with Gasteiger partial charge in [0.2, 0.25) is 5.91 Å². The molecular weight excluding hydrogens is 438 g/mol. The Morgan fingerprint density at radius 1 is 1.12 bits per heavy atom. The van der Waals surface area contributed by atoms with Crippen molar-refractivity contribution >= 4 is 23.2 Å². The van der Waals surface area contributed by atoms with Crippen molar-refractivity contribution < 1.29 is 14.3 Å². The molecule has 0 radical (unpaired) electrons. The third kappa shape index (κ3) is 4.80. The van der Waals surface area contributed by atoms with Crippen molar-refractivity contribution in [3.05, 3.63) is 87.9 Å². The fourth-order valence-electron chi connectivity index (χ4n) is 4.29. The first kappa shape index (κ1) is 22.7. The smallest absolute Gasteiger partial charge is 0.238 e. The zero-order valence-electron chi connectivity index (χ0n) is 18.5. The van der Waals surface area contributed by atoms with Gasteiger partial charge in [-0.2, -0.15) is 5.26 Å². The van der Waals surface area contributed by atoms with Gasteiger partial charge in [-0.3, -0.25) is 9.69 Å². The van der Waals surface area contributed by atoms with Gasteiger partial charge in [-0.25, -0.2) is 0 Å². The molecule has 0 spiro atoms. The van der Waals surface area contributed by atoms with Crippen LogP contribution >= 0.6 is 11.6 Å². The average molecular weight is 462 g/mol. The van der Waals surface area contributed by atoms with Crippen molar-refractivity contribution in [1.29, 1.82) is 5.26 Å². The fraction of sp³-hybridized carbons (Fsp3) is 0.231. The predicted octanol–water partition coefficient (Wildman–Crippen LogP) is 4.82. The number of halogens is 1. The number of amides is 1. The topological polar surface area (TPSA) is 74.6 Å². The van der Waals surface area contributed by atoms with Gasteiger partial charge in [0.15, 0.2) is 11.5 Å². The standard InChI is InChI=1S/C26H24ClN3O3/c1-32-23-12-18-10-11-30(16-25(31)29-22-13-20(27)9-8-19(22)15-28)26(17-6-4-3-5-7-17)21(18)14-24(23)33-2/h3-9,12-14,26H,10-11,16H2,1-2H3,(H,29,31)/t26-/m0/s1. The van der Waals surface area contributed by atoms with E-state index in [4.69, 9.17) is 21.1 Å². The molecule has 6 nitrogen and oxygen atoms in total. The van der Waals surface area contributed by atoms with Crippen molar-refractivity contribution in [3.8, 4) is 17.6 Å². The van der Waals surface area contributed by atoms with Gasteiger partial charge in [0.25, 0.3) is 0 Å². The molecular formula is C26H24ClN3O3. The molecule has 1 aliphatic rings. The highest BCUT2D eigenvalue weighted by Crippen LogP contribution is 2.40. The molecule has 3 aromatic carbocycles. The summed E-state index contributed by atoms with van der Waals surface area (Å²) in [4.78, 5) is 15.2. The monoisotopic (exact) mass is 461 g/mol. The number of rotatable bonds is 6. The molecule has 0 aliphatic carbocycles. The van der Waals surface area contributed by atoms with E-state index in [1.807, 2.05) is 30.3 Å². The number of nitrogens with one attached hydrogen (secondary N) is 1. The van der Waals surface area contributed by atoms with E-state index in [0.29, 0.717) is 34.3 Å². The lowest BCUT2D eigenvalue weighted by Gasteiger charge is -2.37. The molecule has 33 heavy (non-hydrogen) atoms. The molecule has 1 amide bonds. The number of carbonyl (C=O) groups excluding carboxylic acids is 1. The van der Waals surface area contributed by atoms with E-state index in [-0.39, 0.29) is 18.5 Å². The minimum atomic E-state index is -0.210. The Kier molecular flexibility index (Phi) is 6.83. The van der Waals surface area contributed by atoms with E-state index >= 15 is 0 Å². The summed E-state index contributed by atoms with van der Waals surface area (Å²) in [6.07, 6.45) is 0.771. The van der Waals surface area contributed by atoms with Gasteiger partial charge in [0.1, 0.15) is 6.07 Å². The third-order valence-electron chi connectivity index (χ3n) is 5.81. The van der Waals surface area contributed by atoms with Crippen LogP contribution in [-0.2, 0) is 11.2 Å². The number of nitriles is 1. The molecule has 0 unspecified atom stereocenters. The number of benzene rings is 3. The lowest BCUT2D eigenvalue weighted by atomic mass is 9.87. The third-order valence-corrected chi connectivity index (χ3v) is 6.05. The van der Waals surface area contributed by atoms with Crippen molar-refractivity contribution in [1.82, 2.24) is 4.90 Å². The Labute approximate surface area is 198 Å². The number of fused-ring (bicyclic) bond motifs is 1. The highest BCUT2D eigenvalue weighted by atomic mass is 35.5. The maximum atomic E-state index is 13.0. The molecule has 0 saturated heterocycles. The fourth-order valence-corrected chi connectivity index (χ4v) is 4.46. The summed E-state index contributed by atoms with van der Waals surface area (Å²) in [6, 6.07) is 20.9. The molecule has 1 heterocycles. The Hall–Kier alpha value is -3.53. The summed E-state index contributed by atoms with van der Waals surface area (Å²) in [6.45, 7) is 0.848. The first-order chi connectivity index (χ1) is 16.0. The van der Waals surface area contributed by atoms with Crippen LogP contribution in [0.3, 0.4) is 0 Å². The van der Waals surface area contributed by atoms with Crippen molar-refractivity contribution in [3.63, 3.8) is 0 Å². The maximum Gasteiger partial charge on any atom is 0.238 e. The second-order valence-corrected chi connectivity index (χ2v) is 8.23. The van der Waals surface area contributed by atoms with Gasteiger partial charge in [-0.15, -0.1) is 0 Å². The van der Waals surface area contributed by atoms with E-state index in [9.17, 15) is 10.1 Å². The van der Waals surface area contributed by atoms with E-state index in [1.54, 1.807) is 32.4 Å². The van der Waals surface area contributed by atoms with Crippen LogP contribution in [0.4, 0.5) is 5.69 Å². The minimum Gasteiger partial charge on any atom is -0.493 e. The molecule has 4 rings (SSSR count). The second-order valence-electron chi connectivity index (χ2n) is 7.79. The van der Waals surface area contributed by atoms with Crippen molar-refractivity contribution in [2.75, 3.05) is 32.6 Å². The Morgan fingerprint density at radius 3 is 2.55 bits per heavy atom. The summed E-state index contributed by atoms with van der Waals surface area (Å²) >= 11 is 6.07. The van der Waals surface area contributed by atoms with Crippen molar-refractivity contribution in [2.24, 2.45) is 0 Å². The molecule has 7 heteroatoms. The summed E-state index contributed by atoms with van der Waals surface area (Å²) in [5, 5.41) is 12.7. The van der Waals surface area contributed by atoms with E-state index < -0.39 is 0 Å². The number of carbonyl (C=O) groups is 1. The molecule has 1 aliphatic heterocycles. The number of hydrogen-bond acceptors (Lipinski definition) is 5. The molecule has 0 saturated carbocycles. The molecule has 0 aromatic heterocycles. The lowest BCUT2D eigenvalue weighted by Crippen LogP contribution is -2.41. The maximum absolute atomic E-state index is 13.0. The summed E-state index contributed by atoms with van der Waals surface area (Å²) in [5.41, 5.74) is 4.11. The van der Waals surface area contributed by atoms with Crippen LogP contribution in [0.1, 0.15) is 28.3 Å². The van der Waals surface area contributed by atoms with Gasteiger partial charge >= 0.3 is 0 Å². The van der Waals surface area contributed by atoms with Crippen LogP contribution in [-0.4, -0.2) is 38.1 Å². The number of nitrogens with zero attached hydrogens (tertiary/aromatic N) is 2. The summed E-state index contributed by atoms with van der Waals surface area (Å²) < 4.78 is 11.0. The summed E-state index contributed by atoms with van der Waals surface area (Å²) in [7, 11) is 3.25. The van der Waals surface area contributed by atoms with Gasteiger partial charge < -0.3 is 14.8 Å². The van der Waals surface area contributed by atoms with Gasteiger partial charge in [0, 0.05) is 11.6 Å². The van der Waals surface area contributed by atoms with Gasteiger partial charge in [-0.05, 0) is 53.4 Å². The number of ether oxygens (including phenoxy) is 2. The van der Waals surface area contributed by atoms with E-state index in [0.717, 1.165) is 17.5 Å². The highest BCUT2D eigenvalue weighted by molar-refractivity contribution is 6.31. The van der Waals surface area contributed by atoms with Crippen LogP contribution in [0.25, 0.3) is 0 Å². The van der Waals surface area contributed by atoms with Crippen molar-refractivity contribution in [2.45, 2.75) is 12.5 Å². The Morgan fingerprint density at radius 2 is 1.85 bits per heavy atom. The van der Waals surface area contributed by atoms with Crippen LogP contribution < -0.4 is 14.8 Å². The molecule has 168 valence electrons. The normalized spacial score (nSPS) is 15.3. The number of methoxy groups -OCH3 is 2.